The van der Waals surface area contributed by atoms with Crippen LogP contribution >= 0.6 is 0 Å². The van der Waals surface area contributed by atoms with E-state index in [9.17, 15) is 9.90 Å². The van der Waals surface area contributed by atoms with Gasteiger partial charge in [0.15, 0.2) is 5.78 Å². The van der Waals surface area contributed by atoms with Crippen LogP contribution in [-0.2, 0) is 0 Å². The summed E-state index contributed by atoms with van der Waals surface area (Å²) in [6, 6.07) is 9.27. The first-order valence-electron chi connectivity index (χ1n) is 10.5. The van der Waals surface area contributed by atoms with E-state index in [1.807, 2.05) is 30.3 Å². The van der Waals surface area contributed by atoms with E-state index in [-0.39, 0.29) is 12.2 Å². The van der Waals surface area contributed by atoms with Gasteiger partial charge in [-0.2, -0.15) is 0 Å². The first-order chi connectivity index (χ1) is 12.2. The van der Waals surface area contributed by atoms with Crippen LogP contribution in [-0.4, -0.2) is 17.0 Å². The maximum absolute atomic E-state index is 12.0. The number of carbonyl (C=O) groups excluding carboxylic acids is 1. The van der Waals surface area contributed by atoms with Gasteiger partial charge in [-0.3, -0.25) is 4.79 Å². The van der Waals surface area contributed by atoms with Gasteiger partial charge in [-0.15, -0.1) is 0 Å². The number of carbonyl (C=O) groups is 1. The van der Waals surface area contributed by atoms with Crippen molar-refractivity contribution in [2.75, 3.05) is 0 Å². The number of Topliss-reactive ketones (excluding diaryl/α,β-unsaturated/α-hetero) is 1. The second kappa shape index (κ2) is 15.1. The Morgan fingerprint density at radius 1 is 0.800 bits per heavy atom. The highest BCUT2D eigenvalue weighted by Crippen LogP contribution is 2.14. The van der Waals surface area contributed by atoms with Crippen molar-refractivity contribution in [1.82, 2.24) is 0 Å². The number of ketones is 1. The number of aliphatic hydroxyl groups excluding tert-OH is 1. The Labute approximate surface area is 155 Å². The van der Waals surface area contributed by atoms with Crippen LogP contribution in [0.5, 0.6) is 0 Å². The third-order valence-corrected chi connectivity index (χ3v) is 4.91. The standard InChI is InChI=1S/C23H38O2/c1-2-3-4-5-6-7-8-9-10-11-12-16-19-22(24)20-23(25)21-17-14-13-15-18-21/h13-15,17-18,22,24H,2-12,16,19-20H2,1H3. The Hall–Kier alpha value is -1.15. The molecule has 0 saturated heterocycles. The molecule has 1 aromatic rings. The molecule has 0 aromatic heterocycles. The van der Waals surface area contributed by atoms with E-state index in [4.69, 9.17) is 0 Å². The van der Waals surface area contributed by atoms with E-state index in [2.05, 4.69) is 6.92 Å². The number of unbranched alkanes of at least 4 members (excludes halogenated alkanes) is 11. The predicted molar refractivity (Wildman–Crippen MR) is 107 cm³/mol. The minimum absolute atomic E-state index is 0.0482. The van der Waals surface area contributed by atoms with Gasteiger partial charge in [-0.05, 0) is 6.42 Å². The van der Waals surface area contributed by atoms with Crippen molar-refractivity contribution in [2.24, 2.45) is 0 Å². The summed E-state index contributed by atoms with van der Waals surface area (Å²) < 4.78 is 0. The lowest BCUT2D eigenvalue weighted by atomic mass is 10.0. The molecule has 1 rings (SSSR count). The van der Waals surface area contributed by atoms with Gasteiger partial charge in [0.2, 0.25) is 0 Å². The third kappa shape index (κ3) is 11.9. The maximum Gasteiger partial charge on any atom is 0.165 e. The zero-order valence-electron chi connectivity index (χ0n) is 16.2. The molecular formula is C23H38O2. The molecule has 142 valence electrons. The lowest BCUT2D eigenvalue weighted by Crippen LogP contribution is -2.13. The highest BCUT2D eigenvalue weighted by atomic mass is 16.3. The largest absolute Gasteiger partial charge is 0.393 e. The van der Waals surface area contributed by atoms with Crippen LogP contribution < -0.4 is 0 Å². The summed E-state index contributed by atoms with van der Waals surface area (Å²) >= 11 is 0. The molecule has 2 heteroatoms. The van der Waals surface area contributed by atoms with E-state index in [0.717, 1.165) is 12.8 Å². The Kier molecular flexibility index (Phi) is 13.3. The molecule has 0 fully saturated rings. The molecule has 0 heterocycles. The molecular weight excluding hydrogens is 308 g/mol. The zero-order valence-corrected chi connectivity index (χ0v) is 16.2. The fourth-order valence-electron chi connectivity index (χ4n) is 3.28. The first-order valence-corrected chi connectivity index (χ1v) is 10.5. The summed E-state index contributed by atoms with van der Waals surface area (Å²) in [5.74, 6) is 0.0482. The zero-order chi connectivity index (χ0) is 18.2. The number of hydrogen-bond donors (Lipinski definition) is 1. The Bertz CT molecular complexity index is 427. The fourth-order valence-corrected chi connectivity index (χ4v) is 3.28. The SMILES string of the molecule is CCCCCCCCCCCCCCC(O)CC(=O)c1ccccc1. The van der Waals surface area contributed by atoms with Crippen LogP contribution in [0.4, 0.5) is 0 Å². The fraction of sp³-hybridized carbons (Fsp3) is 0.696. The van der Waals surface area contributed by atoms with Gasteiger partial charge in [0.25, 0.3) is 0 Å². The normalized spacial score (nSPS) is 12.2. The van der Waals surface area contributed by atoms with Gasteiger partial charge in [-0.25, -0.2) is 0 Å². The predicted octanol–water partition coefficient (Wildman–Crippen LogP) is 6.71. The average molecular weight is 347 g/mol. The number of aliphatic hydroxyl groups is 1. The van der Waals surface area contributed by atoms with Crippen molar-refractivity contribution in [2.45, 2.75) is 103 Å². The van der Waals surface area contributed by atoms with Gasteiger partial charge in [0.05, 0.1) is 6.10 Å². The van der Waals surface area contributed by atoms with Crippen LogP contribution in [0.1, 0.15) is 107 Å². The minimum atomic E-state index is -0.490. The molecule has 1 N–H and O–H groups in total. The molecule has 0 amide bonds. The molecule has 0 saturated carbocycles. The number of hydrogen-bond acceptors (Lipinski definition) is 2. The molecule has 0 spiro atoms. The molecule has 0 radical (unpaired) electrons. The van der Waals surface area contributed by atoms with Crippen molar-refractivity contribution in [3.8, 4) is 0 Å². The molecule has 1 aromatic carbocycles. The van der Waals surface area contributed by atoms with Crippen LogP contribution in [0.15, 0.2) is 30.3 Å². The third-order valence-electron chi connectivity index (χ3n) is 4.91. The highest BCUT2D eigenvalue weighted by Gasteiger charge is 2.12. The van der Waals surface area contributed by atoms with Gasteiger partial charge in [0.1, 0.15) is 0 Å². The molecule has 1 atom stereocenters. The second-order valence-electron chi connectivity index (χ2n) is 7.32. The molecule has 25 heavy (non-hydrogen) atoms. The van der Waals surface area contributed by atoms with E-state index < -0.39 is 6.10 Å². The number of rotatable bonds is 16. The van der Waals surface area contributed by atoms with Crippen LogP contribution in [0.2, 0.25) is 0 Å². The van der Waals surface area contributed by atoms with Crippen molar-refractivity contribution in [3.63, 3.8) is 0 Å². The highest BCUT2D eigenvalue weighted by molar-refractivity contribution is 5.96. The van der Waals surface area contributed by atoms with Crippen molar-refractivity contribution in [3.05, 3.63) is 35.9 Å². The van der Waals surface area contributed by atoms with Crippen molar-refractivity contribution >= 4 is 5.78 Å². The van der Waals surface area contributed by atoms with Gasteiger partial charge in [0, 0.05) is 12.0 Å². The number of benzene rings is 1. The summed E-state index contributed by atoms with van der Waals surface area (Å²) in [6.07, 6.45) is 16.3. The molecule has 0 aliphatic rings. The summed E-state index contributed by atoms with van der Waals surface area (Å²) in [4.78, 5) is 12.0. The van der Waals surface area contributed by atoms with Gasteiger partial charge >= 0.3 is 0 Å². The Balaban J connectivity index is 1.90. The molecule has 0 aliphatic heterocycles. The molecule has 1 unspecified atom stereocenters. The minimum Gasteiger partial charge on any atom is -0.393 e. The summed E-state index contributed by atoms with van der Waals surface area (Å²) in [5, 5.41) is 10.0. The van der Waals surface area contributed by atoms with Crippen molar-refractivity contribution < 1.29 is 9.90 Å². The van der Waals surface area contributed by atoms with Gasteiger partial charge < -0.3 is 5.11 Å². The topological polar surface area (TPSA) is 37.3 Å². The summed E-state index contributed by atoms with van der Waals surface area (Å²) in [7, 11) is 0. The quantitative estimate of drug-likeness (QED) is 0.267. The maximum atomic E-state index is 12.0. The molecule has 2 nitrogen and oxygen atoms in total. The first kappa shape index (κ1) is 21.9. The summed E-state index contributed by atoms with van der Waals surface area (Å²) in [5.41, 5.74) is 0.705. The van der Waals surface area contributed by atoms with Crippen LogP contribution in [0.25, 0.3) is 0 Å². The monoisotopic (exact) mass is 346 g/mol. The second-order valence-corrected chi connectivity index (χ2v) is 7.32. The average Bonchev–Trinajstić information content (AvgIpc) is 2.63. The summed E-state index contributed by atoms with van der Waals surface area (Å²) in [6.45, 7) is 2.26. The Morgan fingerprint density at radius 2 is 1.28 bits per heavy atom. The molecule has 0 aliphatic carbocycles. The van der Waals surface area contributed by atoms with E-state index in [1.54, 1.807) is 0 Å². The Morgan fingerprint density at radius 3 is 1.80 bits per heavy atom. The smallest absolute Gasteiger partial charge is 0.165 e. The van der Waals surface area contributed by atoms with E-state index >= 15 is 0 Å². The lowest BCUT2D eigenvalue weighted by Gasteiger charge is -2.09. The van der Waals surface area contributed by atoms with E-state index in [1.165, 1.54) is 70.6 Å². The lowest BCUT2D eigenvalue weighted by molar-refractivity contribution is 0.0864. The van der Waals surface area contributed by atoms with Gasteiger partial charge in [-0.1, -0.05) is 114 Å². The van der Waals surface area contributed by atoms with Crippen LogP contribution in [0.3, 0.4) is 0 Å². The van der Waals surface area contributed by atoms with E-state index in [0.29, 0.717) is 5.56 Å². The van der Waals surface area contributed by atoms with Crippen LogP contribution in [0, 0.1) is 0 Å². The molecule has 0 bridgehead atoms. The van der Waals surface area contributed by atoms with Crippen molar-refractivity contribution in [1.29, 1.82) is 0 Å².